The van der Waals surface area contributed by atoms with E-state index in [1.165, 1.54) is 0 Å². The molecule has 7 nitrogen and oxygen atoms in total. The minimum Gasteiger partial charge on any atom is -0.454 e. The van der Waals surface area contributed by atoms with Gasteiger partial charge in [0.2, 0.25) is 10.0 Å². The molecule has 0 spiro atoms. The number of nitrogens with one attached hydrogen (secondary N) is 1. The van der Waals surface area contributed by atoms with Gasteiger partial charge in [0.25, 0.3) is 5.91 Å². The standard InChI is InChI=1S/C16H21FN2O5S/c1-11(2)18-15(20)10-24-16(21)14-4-3-9-19(14)25(22,23)13-7-5-12(17)6-8-13/h5-8,11,14H,3-4,9-10H2,1-2H3,(H,18,20)/t14-/m0/s1. The molecule has 1 aliphatic heterocycles. The van der Waals surface area contributed by atoms with E-state index in [0.717, 1.165) is 28.6 Å². The Labute approximate surface area is 146 Å². The van der Waals surface area contributed by atoms with Crippen LogP contribution in [0.5, 0.6) is 0 Å². The van der Waals surface area contributed by atoms with Crippen molar-refractivity contribution >= 4 is 21.9 Å². The van der Waals surface area contributed by atoms with Crippen LogP contribution >= 0.6 is 0 Å². The second-order valence-electron chi connectivity index (χ2n) is 6.06. The second kappa shape index (κ2) is 7.92. The molecule has 1 amide bonds. The highest BCUT2D eigenvalue weighted by molar-refractivity contribution is 7.89. The molecule has 1 N–H and O–H groups in total. The van der Waals surface area contributed by atoms with Gasteiger partial charge in [-0.1, -0.05) is 0 Å². The molecular weight excluding hydrogens is 351 g/mol. The summed E-state index contributed by atoms with van der Waals surface area (Å²) in [6.45, 7) is 3.25. The van der Waals surface area contributed by atoms with Crippen LogP contribution in [0, 0.1) is 5.82 Å². The zero-order valence-corrected chi connectivity index (χ0v) is 14.9. The van der Waals surface area contributed by atoms with Crippen LogP contribution in [0.1, 0.15) is 26.7 Å². The van der Waals surface area contributed by atoms with Crippen molar-refractivity contribution in [1.29, 1.82) is 0 Å². The summed E-state index contributed by atoms with van der Waals surface area (Å²) in [5, 5.41) is 2.58. The number of amides is 1. The maximum absolute atomic E-state index is 13.0. The van der Waals surface area contributed by atoms with Gasteiger partial charge in [0.05, 0.1) is 4.90 Å². The van der Waals surface area contributed by atoms with Gasteiger partial charge in [-0.3, -0.25) is 9.59 Å². The number of nitrogens with zero attached hydrogens (tertiary/aromatic N) is 1. The van der Waals surface area contributed by atoms with Gasteiger partial charge in [-0.05, 0) is 51.0 Å². The van der Waals surface area contributed by atoms with Crippen LogP contribution in [0.4, 0.5) is 4.39 Å². The van der Waals surface area contributed by atoms with E-state index in [0.29, 0.717) is 12.8 Å². The average Bonchev–Trinajstić information content (AvgIpc) is 3.03. The summed E-state index contributed by atoms with van der Waals surface area (Å²) >= 11 is 0. The van der Waals surface area contributed by atoms with E-state index in [4.69, 9.17) is 4.74 Å². The van der Waals surface area contributed by atoms with Crippen molar-refractivity contribution < 1.29 is 27.1 Å². The van der Waals surface area contributed by atoms with Gasteiger partial charge >= 0.3 is 5.97 Å². The van der Waals surface area contributed by atoms with Crippen LogP contribution in [0.3, 0.4) is 0 Å². The quantitative estimate of drug-likeness (QED) is 0.754. The van der Waals surface area contributed by atoms with E-state index in [9.17, 15) is 22.4 Å². The number of hydrogen-bond donors (Lipinski definition) is 1. The minimum atomic E-state index is -3.94. The van der Waals surface area contributed by atoms with Gasteiger partial charge in [0, 0.05) is 12.6 Å². The lowest BCUT2D eigenvalue weighted by atomic mass is 10.2. The van der Waals surface area contributed by atoms with Gasteiger partial charge < -0.3 is 10.1 Å². The van der Waals surface area contributed by atoms with E-state index in [2.05, 4.69) is 5.32 Å². The molecule has 1 atom stereocenters. The zero-order valence-electron chi connectivity index (χ0n) is 14.1. The van der Waals surface area contributed by atoms with Crippen molar-refractivity contribution in [3.05, 3.63) is 30.1 Å². The third-order valence-electron chi connectivity index (χ3n) is 3.69. The maximum Gasteiger partial charge on any atom is 0.324 e. The number of benzene rings is 1. The summed E-state index contributed by atoms with van der Waals surface area (Å²) in [6.07, 6.45) is 0.809. The van der Waals surface area contributed by atoms with Crippen LogP contribution in [0.25, 0.3) is 0 Å². The Morgan fingerprint density at radius 2 is 1.96 bits per heavy atom. The molecule has 0 unspecified atom stereocenters. The van der Waals surface area contributed by atoms with E-state index < -0.39 is 40.4 Å². The topological polar surface area (TPSA) is 92.8 Å². The Balaban J connectivity index is 2.07. The number of hydrogen-bond acceptors (Lipinski definition) is 5. The molecule has 25 heavy (non-hydrogen) atoms. The second-order valence-corrected chi connectivity index (χ2v) is 7.95. The highest BCUT2D eigenvalue weighted by atomic mass is 32.2. The molecule has 2 rings (SSSR count). The van der Waals surface area contributed by atoms with E-state index >= 15 is 0 Å². The van der Waals surface area contributed by atoms with Gasteiger partial charge in [-0.15, -0.1) is 0 Å². The lowest BCUT2D eigenvalue weighted by molar-refractivity contribution is -0.151. The Morgan fingerprint density at radius 3 is 2.56 bits per heavy atom. The summed E-state index contributed by atoms with van der Waals surface area (Å²) < 4.78 is 44.3. The van der Waals surface area contributed by atoms with Crippen molar-refractivity contribution in [2.75, 3.05) is 13.2 Å². The molecule has 1 aliphatic rings. The van der Waals surface area contributed by atoms with Gasteiger partial charge in [0.15, 0.2) is 6.61 Å². The number of esters is 1. The van der Waals surface area contributed by atoms with Gasteiger partial charge in [-0.25, -0.2) is 12.8 Å². The molecule has 0 saturated carbocycles. The molecule has 1 aromatic carbocycles. The van der Waals surface area contributed by atoms with Crippen LogP contribution < -0.4 is 5.32 Å². The molecule has 138 valence electrons. The third kappa shape index (κ3) is 4.76. The Bertz CT molecular complexity index is 733. The molecule has 0 aliphatic carbocycles. The largest absolute Gasteiger partial charge is 0.454 e. The lowest BCUT2D eigenvalue weighted by Gasteiger charge is -2.22. The van der Waals surface area contributed by atoms with E-state index in [-0.39, 0.29) is 17.5 Å². The van der Waals surface area contributed by atoms with Gasteiger partial charge in [0.1, 0.15) is 11.9 Å². The predicted molar refractivity (Wildman–Crippen MR) is 87.6 cm³/mol. The first-order valence-electron chi connectivity index (χ1n) is 7.95. The van der Waals surface area contributed by atoms with E-state index in [1.807, 2.05) is 0 Å². The lowest BCUT2D eigenvalue weighted by Crippen LogP contribution is -2.42. The summed E-state index contributed by atoms with van der Waals surface area (Å²) in [5.74, 6) is -1.76. The Kier molecular flexibility index (Phi) is 6.12. The van der Waals surface area contributed by atoms with Crippen LogP contribution in [-0.4, -0.2) is 49.8 Å². The van der Waals surface area contributed by atoms with E-state index in [1.54, 1.807) is 13.8 Å². The number of carbonyl (C=O) groups is 2. The zero-order chi connectivity index (χ0) is 18.6. The highest BCUT2D eigenvalue weighted by Crippen LogP contribution is 2.27. The number of carbonyl (C=O) groups excluding carboxylic acids is 2. The highest BCUT2D eigenvalue weighted by Gasteiger charge is 2.40. The molecular formula is C16H21FN2O5S. The fourth-order valence-electron chi connectivity index (χ4n) is 2.60. The monoisotopic (exact) mass is 372 g/mol. The molecule has 0 radical (unpaired) electrons. The average molecular weight is 372 g/mol. The number of rotatable bonds is 6. The molecule has 1 aromatic rings. The van der Waals surface area contributed by atoms with Gasteiger partial charge in [-0.2, -0.15) is 4.31 Å². The van der Waals surface area contributed by atoms with Crippen molar-refractivity contribution in [1.82, 2.24) is 9.62 Å². The number of halogens is 1. The van der Waals surface area contributed by atoms with Crippen molar-refractivity contribution in [2.45, 2.75) is 43.7 Å². The predicted octanol–water partition coefficient (Wildman–Crippen LogP) is 1.05. The molecule has 1 heterocycles. The molecule has 1 fully saturated rings. The Hall–Kier alpha value is -2.00. The normalized spacial score (nSPS) is 18.3. The minimum absolute atomic E-state index is 0.0898. The summed E-state index contributed by atoms with van der Waals surface area (Å²) in [4.78, 5) is 23.7. The number of ether oxygens (including phenoxy) is 1. The first-order valence-corrected chi connectivity index (χ1v) is 9.39. The van der Waals surface area contributed by atoms with Crippen molar-refractivity contribution in [3.8, 4) is 0 Å². The molecule has 1 saturated heterocycles. The summed E-state index contributed by atoms with van der Waals surface area (Å²) in [5.41, 5.74) is 0. The van der Waals surface area contributed by atoms with Crippen molar-refractivity contribution in [2.24, 2.45) is 0 Å². The third-order valence-corrected chi connectivity index (χ3v) is 5.61. The first kappa shape index (κ1) is 19.3. The summed E-state index contributed by atoms with van der Waals surface area (Å²) in [7, 11) is -3.94. The van der Waals surface area contributed by atoms with Crippen LogP contribution in [-0.2, 0) is 24.3 Å². The first-order chi connectivity index (χ1) is 11.7. The maximum atomic E-state index is 13.0. The SMILES string of the molecule is CC(C)NC(=O)COC(=O)[C@@H]1CCCN1S(=O)(=O)c1ccc(F)cc1. The number of sulfonamides is 1. The fraction of sp³-hybridized carbons (Fsp3) is 0.500. The summed E-state index contributed by atoms with van der Waals surface area (Å²) in [6, 6.07) is 3.33. The smallest absolute Gasteiger partial charge is 0.324 e. The fourth-order valence-corrected chi connectivity index (χ4v) is 4.25. The molecule has 0 bridgehead atoms. The molecule has 9 heteroatoms. The van der Waals surface area contributed by atoms with Crippen molar-refractivity contribution in [3.63, 3.8) is 0 Å². The van der Waals surface area contributed by atoms with Crippen LogP contribution in [0.15, 0.2) is 29.2 Å². The Morgan fingerprint density at radius 1 is 1.32 bits per heavy atom. The van der Waals surface area contributed by atoms with Crippen LogP contribution in [0.2, 0.25) is 0 Å². The molecule has 0 aromatic heterocycles.